The zero-order valence-corrected chi connectivity index (χ0v) is 15.7. The molecule has 1 saturated heterocycles. The van der Waals surface area contributed by atoms with Gasteiger partial charge in [0.1, 0.15) is 12.1 Å². The molecule has 1 aliphatic heterocycles. The molecular formula is C21H25N3O3. The quantitative estimate of drug-likeness (QED) is 0.583. The standard InChI is InChI=1S/C21H25N3O3/c1-3-4-7-12-22-18(25)14-24-19(26)21(2,23-20(24)27)17-11-10-15-8-5-6-9-16(15)13-17/h5-6,8-11,13H,3-4,7,12,14H2,1-2H3,(H,22,25)(H,23,27)/t21-/m1/s1. The van der Waals surface area contributed by atoms with Crippen molar-refractivity contribution in [2.24, 2.45) is 0 Å². The van der Waals surface area contributed by atoms with Gasteiger partial charge in [0.15, 0.2) is 0 Å². The molecule has 6 heteroatoms. The molecule has 1 heterocycles. The van der Waals surface area contributed by atoms with E-state index in [1.54, 1.807) is 6.92 Å². The molecule has 142 valence electrons. The largest absolute Gasteiger partial charge is 0.355 e. The Labute approximate surface area is 158 Å². The van der Waals surface area contributed by atoms with Crippen LogP contribution in [0.15, 0.2) is 42.5 Å². The van der Waals surface area contributed by atoms with E-state index in [1.807, 2.05) is 42.5 Å². The van der Waals surface area contributed by atoms with E-state index in [0.717, 1.165) is 34.9 Å². The summed E-state index contributed by atoms with van der Waals surface area (Å²) in [5, 5.41) is 7.57. The molecule has 6 nitrogen and oxygen atoms in total. The van der Waals surface area contributed by atoms with Gasteiger partial charge in [0.05, 0.1) is 0 Å². The van der Waals surface area contributed by atoms with Gasteiger partial charge in [0, 0.05) is 6.54 Å². The summed E-state index contributed by atoms with van der Waals surface area (Å²) in [5.41, 5.74) is -0.478. The van der Waals surface area contributed by atoms with Gasteiger partial charge in [-0.3, -0.25) is 14.5 Å². The van der Waals surface area contributed by atoms with Gasteiger partial charge in [-0.2, -0.15) is 0 Å². The predicted molar refractivity (Wildman–Crippen MR) is 104 cm³/mol. The number of unbranched alkanes of at least 4 members (excludes halogenated alkanes) is 2. The number of carbonyl (C=O) groups is 3. The highest BCUT2D eigenvalue weighted by atomic mass is 16.2. The van der Waals surface area contributed by atoms with Crippen LogP contribution in [0.5, 0.6) is 0 Å². The summed E-state index contributed by atoms with van der Waals surface area (Å²) >= 11 is 0. The molecule has 1 fully saturated rings. The lowest BCUT2D eigenvalue weighted by Gasteiger charge is -2.22. The molecular weight excluding hydrogens is 342 g/mol. The number of nitrogens with zero attached hydrogens (tertiary/aromatic N) is 1. The van der Waals surface area contributed by atoms with Gasteiger partial charge >= 0.3 is 6.03 Å². The van der Waals surface area contributed by atoms with E-state index in [-0.39, 0.29) is 12.5 Å². The lowest BCUT2D eigenvalue weighted by molar-refractivity contribution is -0.134. The molecule has 0 radical (unpaired) electrons. The van der Waals surface area contributed by atoms with E-state index in [0.29, 0.717) is 12.1 Å². The van der Waals surface area contributed by atoms with Crippen LogP contribution in [0.25, 0.3) is 10.8 Å². The summed E-state index contributed by atoms with van der Waals surface area (Å²) in [6.45, 7) is 4.05. The normalized spacial score (nSPS) is 19.4. The lowest BCUT2D eigenvalue weighted by atomic mass is 9.90. The van der Waals surface area contributed by atoms with Crippen LogP contribution in [0, 0.1) is 0 Å². The third-order valence-electron chi connectivity index (χ3n) is 5.01. The van der Waals surface area contributed by atoms with Crippen molar-refractivity contribution in [3.63, 3.8) is 0 Å². The van der Waals surface area contributed by atoms with Crippen LogP contribution in [0.1, 0.15) is 38.7 Å². The molecule has 1 aliphatic rings. The Morgan fingerprint density at radius 3 is 2.59 bits per heavy atom. The SMILES string of the molecule is CCCCCNC(=O)CN1C(=O)N[C@](C)(c2ccc3ccccc3c2)C1=O. The summed E-state index contributed by atoms with van der Waals surface area (Å²) in [6.07, 6.45) is 2.98. The predicted octanol–water partition coefficient (Wildman–Crippen LogP) is 2.91. The Morgan fingerprint density at radius 1 is 1.11 bits per heavy atom. The van der Waals surface area contributed by atoms with Crippen LogP contribution < -0.4 is 10.6 Å². The topological polar surface area (TPSA) is 78.5 Å². The summed E-state index contributed by atoms with van der Waals surface area (Å²) < 4.78 is 0. The van der Waals surface area contributed by atoms with Crippen LogP contribution in [0.4, 0.5) is 4.79 Å². The molecule has 1 atom stereocenters. The van der Waals surface area contributed by atoms with Gasteiger partial charge < -0.3 is 10.6 Å². The first-order valence-corrected chi connectivity index (χ1v) is 9.36. The second kappa shape index (κ2) is 7.78. The van der Waals surface area contributed by atoms with Crippen LogP contribution in [-0.4, -0.2) is 35.8 Å². The van der Waals surface area contributed by atoms with E-state index in [9.17, 15) is 14.4 Å². The van der Waals surface area contributed by atoms with Crippen molar-refractivity contribution in [2.45, 2.75) is 38.6 Å². The Kier molecular flexibility index (Phi) is 5.44. The third-order valence-corrected chi connectivity index (χ3v) is 5.01. The number of carbonyl (C=O) groups excluding carboxylic acids is 3. The molecule has 0 saturated carbocycles. The minimum absolute atomic E-state index is 0.264. The summed E-state index contributed by atoms with van der Waals surface area (Å²) in [7, 11) is 0. The first kappa shape index (κ1) is 18.9. The number of benzene rings is 2. The van der Waals surface area contributed by atoms with Gasteiger partial charge in [0.2, 0.25) is 5.91 Å². The highest BCUT2D eigenvalue weighted by Crippen LogP contribution is 2.30. The van der Waals surface area contributed by atoms with E-state index < -0.39 is 17.5 Å². The van der Waals surface area contributed by atoms with Gasteiger partial charge in [-0.15, -0.1) is 0 Å². The maximum Gasteiger partial charge on any atom is 0.325 e. The van der Waals surface area contributed by atoms with Crippen LogP contribution in [0.3, 0.4) is 0 Å². The van der Waals surface area contributed by atoms with Crippen molar-refractivity contribution in [3.05, 3.63) is 48.0 Å². The van der Waals surface area contributed by atoms with Crippen molar-refractivity contribution in [1.82, 2.24) is 15.5 Å². The number of hydrogen-bond donors (Lipinski definition) is 2. The summed E-state index contributed by atoms with van der Waals surface area (Å²) in [5.74, 6) is -0.733. The molecule has 0 aromatic heterocycles. The van der Waals surface area contributed by atoms with E-state index in [4.69, 9.17) is 0 Å². The number of nitrogens with one attached hydrogen (secondary N) is 2. The van der Waals surface area contributed by atoms with Crippen molar-refractivity contribution < 1.29 is 14.4 Å². The maximum atomic E-state index is 12.9. The van der Waals surface area contributed by atoms with Crippen molar-refractivity contribution in [1.29, 1.82) is 0 Å². The van der Waals surface area contributed by atoms with Crippen LogP contribution in [-0.2, 0) is 15.1 Å². The molecule has 0 unspecified atom stereocenters. The van der Waals surface area contributed by atoms with Crippen molar-refractivity contribution in [3.8, 4) is 0 Å². The number of imide groups is 1. The van der Waals surface area contributed by atoms with E-state index in [1.165, 1.54) is 0 Å². The van der Waals surface area contributed by atoms with Gasteiger partial charge in [0.25, 0.3) is 5.91 Å². The second-order valence-electron chi connectivity index (χ2n) is 7.07. The molecule has 0 bridgehead atoms. The second-order valence-corrected chi connectivity index (χ2v) is 7.07. The molecule has 2 aromatic carbocycles. The smallest absolute Gasteiger partial charge is 0.325 e. The zero-order chi connectivity index (χ0) is 19.4. The highest BCUT2D eigenvalue weighted by Gasteiger charge is 2.49. The third kappa shape index (κ3) is 3.79. The van der Waals surface area contributed by atoms with E-state index >= 15 is 0 Å². The zero-order valence-electron chi connectivity index (χ0n) is 15.7. The molecule has 0 spiro atoms. The Hall–Kier alpha value is -2.89. The fourth-order valence-corrected chi connectivity index (χ4v) is 3.34. The Morgan fingerprint density at radius 2 is 1.85 bits per heavy atom. The van der Waals surface area contributed by atoms with Gasteiger partial charge in [-0.1, -0.05) is 56.2 Å². The Bertz CT molecular complexity index is 880. The first-order valence-electron chi connectivity index (χ1n) is 9.36. The number of urea groups is 1. The van der Waals surface area contributed by atoms with Crippen LogP contribution >= 0.6 is 0 Å². The molecule has 2 N–H and O–H groups in total. The lowest BCUT2D eigenvalue weighted by Crippen LogP contribution is -2.43. The molecule has 2 aromatic rings. The molecule has 4 amide bonds. The average Bonchev–Trinajstić information content (AvgIpc) is 2.89. The molecule has 27 heavy (non-hydrogen) atoms. The summed E-state index contributed by atoms with van der Waals surface area (Å²) in [4.78, 5) is 38.4. The maximum absolute atomic E-state index is 12.9. The average molecular weight is 367 g/mol. The number of amides is 4. The minimum Gasteiger partial charge on any atom is -0.355 e. The van der Waals surface area contributed by atoms with Gasteiger partial charge in [-0.25, -0.2) is 4.79 Å². The molecule has 0 aliphatic carbocycles. The van der Waals surface area contributed by atoms with Gasteiger partial charge in [-0.05, 0) is 35.7 Å². The monoisotopic (exact) mass is 367 g/mol. The first-order chi connectivity index (χ1) is 13.0. The highest BCUT2D eigenvalue weighted by molar-refractivity contribution is 6.09. The number of hydrogen-bond acceptors (Lipinski definition) is 3. The minimum atomic E-state index is -1.18. The van der Waals surface area contributed by atoms with Crippen LogP contribution in [0.2, 0.25) is 0 Å². The Balaban J connectivity index is 1.74. The van der Waals surface area contributed by atoms with Crippen molar-refractivity contribution in [2.75, 3.05) is 13.1 Å². The van der Waals surface area contributed by atoms with E-state index in [2.05, 4.69) is 17.6 Å². The fourth-order valence-electron chi connectivity index (χ4n) is 3.34. The number of fused-ring (bicyclic) bond motifs is 1. The molecule has 3 rings (SSSR count). The number of rotatable bonds is 7. The fraction of sp³-hybridized carbons (Fsp3) is 0.381. The summed E-state index contributed by atoms with van der Waals surface area (Å²) in [6, 6.07) is 13.0. The van der Waals surface area contributed by atoms with Crippen molar-refractivity contribution >= 4 is 28.6 Å².